The van der Waals surface area contributed by atoms with E-state index >= 15 is 0 Å². The Labute approximate surface area is 103 Å². The van der Waals surface area contributed by atoms with Gasteiger partial charge in [-0.3, -0.25) is 10.1 Å². The molecule has 0 N–H and O–H groups in total. The normalized spacial score (nSPS) is 10.1. The summed E-state index contributed by atoms with van der Waals surface area (Å²) in [6, 6.07) is 8.05. The van der Waals surface area contributed by atoms with E-state index in [1.165, 1.54) is 19.4 Å². The summed E-state index contributed by atoms with van der Waals surface area (Å²) in [4.78, 5) is 21.5. The van der Waals surface area contributed by atoms with Crippen LogP contribution in [-0.2, 0) is 4.74 Å². The van der Waals surface area contributed by atoms with Gasteiger partial charge in [0.15, 0.2) is 0 Å². The molecule has 0 fully saturated rings. The Morgan fingerprint density at radius 2 is 2.17 bits per heavy atom. The molecule has 0 aliphatic carbocycles. The maximum Gasteiger partial charge on any atom is 0.337 e. The van der Waals surface area contributed by atoms with Crippen molar-refractivity contribution < 1.29 is 14.5 Å². The number of nitrogens with zero attached hydrogens (tertiary/aromatic N) is 2. The average Bonchev–Trinajstić information content (AvgIpc) is 2.88. The highest BCUT2D eigenvalue weighted by Crippen LogP contribution is 2.17. The van der Waals surface area contributed by atoms with Crippen molar-refractivity contribution in [2.75, 3.05) is 7.11 Å². The zero-order valence-electron chi connectivity index (χ0n) is 9.57. The number of rotatable bonds is 3. The number of benzene rings is 1. The van der Waals surface area contributed by atoms with Gasteiger partial charge >= 0.3 is 5.97 Å². The first-order valence-corrected chi connectivity index (χ1v) is 5.13. The van der Waals surface area contributed by atoms with Crippen LogP contribution in [0.1, 0.15) is 10.4 Å². The van der Waals surface area contributed by atoms with Gasteiger partial charge < -0.3 is 9.30 Å². The van der Waals surface area contributed by atoms with Gasteiger partial charge in [0.2, 0.25) is 0 Å². The summed E-state index contributed by atoms with van der Waals surface area (Å²) >= 11 is 0. The van der Waals surface area contributed by atoms with Crippen molar-refractivity contribution in [3.05, 3.63) is 58.4 Å². The fourth-order valence-electron chi connectivity index (χ4n) is 1.57. The number of carbonyl (C=O) groups is 1. The molecule has 0 aliphatic heterocycles. The molecule has 0 atom stereocenters. The van der Waals surface area contributed by atoms with Crippen LogP contribution in [0.15, 0.2) is 42.7 Å². The van der Waals surface area contributed by atoms with Crippen LogP contribution >= 0.6 is 0 Å². The van der Waals surface area contributed by atoms with Crippen molar-refractivity contribution in [2.24, 2.45) is 0 Å². The number of esters is 1. The van der Waals surface area contributed by atoms with Gasteiger partial charge in [-0.25, -0.2) is 4.79 Å². The predicted molar refractivity (Wildman–Crippen MR) is 63.8 cm³/mol. The van der Waals surface area contributed by atoms with Gasteiger partial charge in [0.05, 0.1) is 23.8 Å². The number of carbonyl (C=O) groups excluding carboxylic acids is 1. The molecule has 1 heterocycles. The van der Waals surface area contributed by atoms with E-state index < -0.39 is 10.9 Å². The monoisotopic (exact) mass is 246 g/mol. The van der Waals surface area contributed by atoms with Crippen LogP contribution in [0, 0.1) is 10.1 Å². The van der Waals surface area contributed by atoms with E-state index in [4.69, 9.17) is 0 Å². The van der Waals surface area contributed by atoms with Crippen molar-refractivity contribution in [3.8, 4) is 5.69 Å². The highest BCUT2D eigenvalue weighted by Gasteiger charge is 2.10. The summed E-state index contributed by atoms with van der Waals surface area (Å²) in [5, 5.41) is 10.6. The van der Waals surface area contributed by atoms with Gasteiger partial charge in [-0.15, -0.1) is 0 Å². The fourth-order valence-corrected chi connectivity index (χ4v) is 1.57. The van der Waals surface area contributed by atoms with Gasteiger partial charge in [0.25, 0.3) is 5.69 Å². The molecule has 6 nitrogen and oxygen atoms in total. The molecule has 18 heavy (non-hydrogen) atoms. The lowest BCUT2D eigenvalue weighted by atomic mass is 10.2. The molecular formula is C12H10N2O4. The third-order valence-electron chi connectivity index (χ3n) is 2.45. The van der Waals surface area contributed by atoms with Crippen molar-refractivity contribution in [3.63, 3.8) is 0 Å². The summed E-state index contributed by atoms with van der Waals surface area (Å²) < 4.78 is 6.19. The smallest absolute Gasteiger partial charge is 0.337 e. The highest BCUT2D eigenvalue weighted by atomic mass is 16.6. The van der Waals surface area contributed by atoms with E-state index in [1.54, 1.807) is 35.0 Å². The lowest BCUT2D eigenvalue weighted by molar-refractivity contribution is -0.384. The Hall–Kier alpha value is -2.63. The Balaban J connectivity index is 2.38. The standard InChI is InChI=1S/C12H10N2O4/c1-18-12(15)9-3-2-4-10(7-9)13-6-5-11(8-13)14(16)17/h2-8H,1H3. The number of methoxy groups -OCH3 is 1. The molecule has 0 bridgehead atoms. The van der Waals surface area contributed by atoms with Crippen LogP contribution in [0.5, 0.6) is 0 Å². The van der Waals surface area contributed by atoms with E-state index in [1.807, 2.05) is 0 Å². The van der Waals surface area contributed by atoms with Gasteiger partial charge in [-0.2, -0.15) is 0 Å². The highest BCUT2D eigenvalue weighted by molar-refractivity contribution is 5.89. The second kappa shape index (κ2) is 4.70. The Morgan fingerprint density at radius 1 is 1.39 bits per heavy atom. The summed E-state index contributed by atoms with van der Waals surface area (Å²) in [6.07, 6.45) is 2.95. The Kier molecular flexibility index (Phi) is 3.09. The minimum absolute atomic E-state index is 0.00142. The van der Waals surface area contributed by atoms with Crippen molar-refractivity contribution in [1.82, 2.24) is 4.57 Å². The van der Waals surface area contributed by atoms with E-state index in [0.29, 0.717) is 11.3 Å². The van der Waals surface area contributed by atoms with Gasteiger partial charge in [-0.05, 0) is 18.2 Å². The van der Waals surface area contributed by atoms with E-state index in [9.17, 15) is 14.9 Å². The maximum absolute atomic E-state index is 11.4. The van der Waals surface area contributed by atoms with E-state index in [-0.39, 0.29) is 5.69 Å². The molecule has 2 rings (SSSR count). The summed E-state index contributed by atoms with van der Waals surface area (Å²) in [5.41, 5.74) is 1.05. The number of hydrogen-bond acceptors (Lipinski definition) is 4. The number of ether oxygens (including phenoxy) is 1. The van der Waals surface area contributed by atoms with Gasteiger partial charge in [0, 0.05) is 18.0 Å². The van der Waals surface area contributed by atoms with Crippen LogP contribution in [0.25, 0.3) is 5.69 Å². The maximum atomic E-state index is 11.4. The molecular weight excluding hydrogens is 236 g/mol. The topological polar surface area (TPSA) is 74.4 Å². The zero-order chi connectivity index (χ0) is 13.1. The Bertz CT molecular complexity index is 604. The number of nitro groups is 1. The Morgan fingerprint density at radius 3 is 2.78 bits per heavy atom. The second-order valence-corrected chi connectivity index (χ2v) is 3.58. The predicted octanol–water partition coefficient (Wildman–Crippen LogP) is 2.17. The summed E-state index contributed by atoms with van der Waals surface area (Å²) in [6.45, 7) is 0. The number of aromatic nitrogens is 1. The first-order valence-electron chi connectivity index (χ1n) is 5.13. The van der Waals surface area contributed by atoms with Gasteiger partial charge in [0.1, 0.15) is 0 Å². The van der Waals surface area contributed by atoms with Crippen LogP contribution in [0.3, 0.4) is 0 Å². The summed E-state index contributed by atoms with van der Waals surface area (Å²) in [7, 11) is 1.30. The first kappa shape index (κ1) is 11.8. The molecule has 0 aliphatic rings. The van der Waals surface area contributed by atoms with Crippen LogP contribution < -0.4 is 0 Å². The van der Waals surface area contributed by atoms with Crippen molar-refractivity contribution in [1.29, 1.82) is 0 Å². The fraction of sp³-hybridized carbons (Fsp3) is 0.0833. The number of hydrogen-bond donors (Lipinski definition) is 0. The van der Waals surface area contributed by atoms with Crippen LogP contribution in [0.2, 0.25) is 0 Å². The van der Waals surface area contributed by atoms with Crippen LogP contribution in [0.4, 0.5) is 5.69 Å². The molecule has 2 aromatic rings. The summed E-state index contributed by atoms with van der Waals surface area (Å²) in [5.74, 6) is -0.446. The minimum Gasteiger partial charge on any atom is -0.465 e. The second-order valence-electron chi connectivity index (χ2n) is 3.58. The average molecular weight is 246 g/mol. The lowest BCUT2D eigenvalue weighted by Crippen LogP contribution is -2.02. The van der Waals surface area contributed by atoms with Gasteiger partial charge in [-0.1, -0.05) is 6.07 Å². The first-order chi connectivity index (χ1) is 8.61. The van der Waals surface area contributed by atoms with E-state index in [2.05, 4.69) is 4.74 Å². The minimum atomic E-state index is -0.472. The molecule has 6 heteroatoms. The van der Waals surface area contributed by atoms with E-state index in [0.717, 1.165) is 0 Å². The molecule has 0 radical (unpaired) electrons. The SMILES string of the molecule is COC(=O)c1cccc(-n2ccc([N+](=O)[O-])c2)c1. The molecule has 1 aromatic carbocycles. The molecule has 1 aromatic heterocycles. The van der Waals surface area contributed by atoms with Crippen LogP contribution in [-0.4, -0.2) is 22.6 Å². The van der Waals surface area contributed by atoms with Crippen molar-refractivity contribution in [2.45, 2.75) is 0 Å². The molecule has 92 valence electrons. The largest absolute Gasteiger partial charge is 0.465 e. The third kappa shape index (κ3) is 2.22. The molecule has 0 saturated heterocycles. The quantitative estimate of drug-likeness (QED) is 0.472. The molecule has 0 saturated carbocycles. The molecule has 0 spiro atoms. The molecule has 0 amide bonds. The lowest BCUT2D eigenvalue weighted by Gasteiger charge is -2.04. The zero-order valence-corrected chi connectivity index (χ0v) is 9.57. The third-order valence-corrected chi connectivity index (χ3v) is 2.45. The van der Waals surface area contributed by atoms with Crippen molar-refractivity contribution >= 4 is 11.7 Å². The molecule has 0 unspecified atom stereocenters.